The van der Waals surface area contributed by atoms with Gasteiger partial charge in [-0.15, -0.1) is 11.8 Å². The minimum absolute atomic E-state index is 0.0975. The molecule has 1 unspecified atom stereocenters. The maximum absolute atomic E-state index is 12.2. The van der Waals surface area contributed by atoms with Crippen LogP contribution in [-0.2, 0) is 4.79 Å². The summed E-state index contributed by atoms with van der Waals surface area (Å²) in [6.45, 7) is 1.85. The smallest absolute Gasteiger partial charge is 0.248 e. The summed E-state index contributed by atoms with van der Waals surface area (Å²) in [7, 11) is 0. The molecule has 0 aliphatic carbocycles. The molecule has 0 radical (unpaired) electrons. The van der Waals surface area contributed by atoms with Crippen LogP contribution in [0.5, 0.6) is 0 Å². The number of nitrogens with two attached hydrogens (primary N) is 1. The van der Waals surface area contributed by atoms with Gasteiger partial charge in [-0.05, 0) is 55.5 Å². The van der Waals surface area contributed by atoms with Gasteiger partial charge < -0.3 is 11.1 Å². The SMILES string of the molecule is CC(Sc1ccc(Br)cc1)C(=O)Nc1ccc(C(N)=O)cc1. The van der Waals surface area contributed by atoms with E-state index in [4.69, 9.17) is 5.73 Å². The van der Waals surface area contributed by atoms with Gasteiger partial charge in [0.25, 0.3) is 0 Å². The predicted octanol–water partition coefficient (Wildman–Crippen LogP) is 3.67. The summed E-state index contributed by atoms with van der Waals surface area (Å²) in [5, 5.41) is 2.58. The molecule has 0 fully saturated rings. The molecule has 4 nitrogen and oxygen atoms in total. The normalized spacial score (nSPS) is 11.7. The quantitative estimate of drug-likeness (QED) is 0.779. The number of nitrogens with one attached hydrogen (secondary N) is 1. The van der Waals surface area contributed by atoms with E-state index in [1.807, 2.05) is 31.2 Å². The lowest BCUT2D eigenvalue weighted by molar-refractivity contribution is -0.115. The molecule has 0 bridgehead atoms. The van der Waals surface area contributed by atoms with Crippen LogP contribution in [-0.4, -0.2) is 17.1 Å². The third-order valence-electron chi connectivity index (χ3n) is 2.93. The first kappa shape index (κ1) is 16.6. The monoisotopic (exact) mass is 378 g/mol. The molecule has 2 rings (SSSR count). The average Bonchev–Trinajstić information content (AvgIpc) is 2.50. The fourth-order valence-electron chi connectivity index (χ4n) is 1.73. The van der Waals surface area contributed by atoms with Crippen molar-refractivity contribution in [3.05, 3.63) is 58.6 Å². The zero-order valence-electron chi connectivity index (χ0n) is 11.9. The number of thioether (sulfide) groups is 1. The second-order valence-electron chi connectivity index (χ2n) is 4.64. The summed E-state index contributed by atoms with van der Waals surface area (Å²) in [6, 6.07) is 14.3. The van der Waals surface area contributed by atoms with Crippen LogP contribution in [0.15, 0.2) is 57.9 Å². The predicted molar refractivity (Wildman–Crippen MR) is 93.1 cm³/mol. The summed E-state index contributed by atoms with van der Waals surface area (Å²) in [5.74, 6) is -0.586. The van der Waals surface area contributed by atoms with Crippen LogP contribution >= 0.6 is 27.7 Å². The van der Waals surface area contributed by atoms with Crippen molar-refractivity contribution in [2.75, 3.05) is 5.32 Å². The molecule has 1 atom stereocenters. The third kappa shape index (κ3) is 4.61. The Balaban J connectivity index is 1.95. The average molecular weight is 379 g/mol. The van der Waals surface area contributed by atoms with Crippen molar-refractivity contribution in [2.24, 2.45) is 5.73 Å². The molecule has 0 heterocycles. The number of amides is 2. The summed E-state index contributed by atoms with van der Waals surface area (Å²) in [5.41, 5.74) is 6.23. The molecule has 0 saturated carbocycles. The van der Waals surface area contributed by atoms with Crippen molar-refractivity contribution in [3.63, 3.8) is 0 Å². The molecule has 3 N–H and O–H groups in total. The van der Waals surface area contributed by atoms with E-state index in [0.29, 0.717) is 11.3 Å². The number of carbonyl (C=O) groups is 2. The van der Waals surface area contributed by atoms with Gasteiger partial charge in [-0.25, -0.2) is 0 Å². The molecule has 6 heteroatoms. The standard InChI is InChI=1S/C16H15BrN2O2S/c1-10(22-14-8-4-12(17)5-9-14)16(21)19-13-6-2-11(3-7-13)15(18)20/h2-10H,1H3,(H2,18,20)(H,19,21). The zero-order valence-corrected chi connectivity index (χ0v) is 14.3. The number of anilines is 1. The van der Waals surface area contributed by atoms with Gasteiger partial charge in [0, 0.05) is 20.6 Å². The van der Waals surface area contributed by atoms with Crippen molar-refractivity contribution in [3.8, 4) is 0 Å². The van der Waals surface area contributed by atoms with Crippen LogP contribution in [0.1, 0.15) is 17.3 Å². The van der Waals surface area contributed by atoms with E-state index in [9.17, 15) is 9.59 Å². The molecule has 0 aliphatic rings. The number of halogens is 1. The fourth-order valence-corrected chi connectivity index (χ4v) is 2.86. The van der Waals surface area contributed by atoms with Crippen molar-refractivity contribution in [1.29, 1.82) is 0 Å². The molecule has 22 heavy (non-hydrogen) atoms. The minimum atomic E-state index is -0.489. The molecule has 2 amide bonds. The highest BCUT2D eigenvalue weighted by atomic mass is 79.9. The minimum Gasteiger partial charge on any atom is -0.366 e. The number of hydrogen-bond donors (Lipinski definition) is 2. The highest BCUT2D eigenvalue weighted by molar-refractivity contribution is 9.10. The van der Waals surface area contributed by atoms with Gasteiger partial charge in [-0.3, -0.25) is 9.59 Å². The number of hydrogen-bond acceptors (Lipinski definition) is 3. The van der Waals surface area contributed by atoms with Crippen molar-refractivity contribution >= 4 is 45.2 Å². The highest BCUT2D eigenvalue weighted by Gasteiger charge is 2.14. The van der Waals surface area contributed by atoms with E-state index in [-0.39, 0.29) is 11.2 Å². The third-order valence-corrected chi connectivity index (χ3v) is 4.57. The Morgan fingerprint density at radius 1 is 1.09 bits per heavy atom. The van der Waals surface area contributed by atoms with E-state index in [1.54, 1.807) is 24.3 Å². The van der Waals surface area contributed by atoms with E-state index >= 15 is 0 Å². The van der Waals surface area contributed by atoms with Crippen molar-refractivity contribution in [1.82, 2.24) is 0 Å². The Bertz CT molecular complexity index is 672. The molecule has 2 aromatic carbocycles. The number of rotatable bonds is 5. The van der Waals surface area contributed by atoms with Crippen LogP contribution in [0.2, 0.25) is 0 Å². The number of carbonyl (C=O) groups excluding carboxylic acids is 2. The van der Waals surface area contributed by atoms with Gasteiger partial charge in [-0.1, -0.05) is 15.9 Å². The molecule has 0 aromatic heterocycles. The molecule has 114 valence electrons. The summed E-state index contributed by atoms with van der Waals surface area (Å²) >= 11 is 4.86. The van der Waals surface area contributed by atoms with Crippen LogP contribution in [0.3, 0.4) is 0 Å². The fraction of sp³-hybridized carbons (Fsp3) is 0.125. The Morgan fingerprint density at radius 3 is 2.23 bits per heavy atom. The van der Waals surface area contributed by atoms with Gasteiger partial charge in [0.1, 0.15) is 0 Å². The first-order chi connectivity index (χ1) is 10.5. The van der Waals surface area contributed by atoms with E-state index in [0.717, 1.165) is 9.37 Å². The lowest BCUT2D eigenvalue weighted by Crippen LogP contribution is -2.22. The summed E-state index contributed by atoms with van der Waals surface area (Å²) < 4.78 is 1.00. The Labute approximate surface area is 141 Å². The van der Waals surface area contributed by atoms with Gasteiger partial charge in [0.05, 0.1) is 5.25 Å². The maximum atomic E-state index is 12.2. The van der Waals surface area contributed by atoms with E-state index in [2.05, 4.69) is 21.2 Å². The van der Waals surface area contributed by atoms with Gasteiger partial charge >= 0.3 is 0 Å². The van der Waals surface area contributed by atoms with Crippen LogP contribution < -0.4 is 11.1 Å². The lowest BCUT2D eigenvalue weighted by atomic mass is 10.2. The molecular formula is C16H15BrN2O2S. The zero-order chi connectivity index (χ0) is 16.1. The lowest BCUT2D eigenvalue weighted by Gasteiger charge is -2.12. The topological polar surface area (TPSA) is 72.2 Å². The van der Waals surface area contributed by atoms with Crippen LogP contribution in [0.4, 0.5) is 5.69 Å². The molecule has 2 aromatic rings. The van der Waals surface area contributed by atoms with E-state index < -0.39 is 5.91 Å². The Kier molecular flexibility index (Phi) is 5.63. The Hall–Kier alpha value is -1.79. The van der Waals surface area contributed by atoms with Gasteiger partial charge in [0.15, 0.2) is 0 Å². The second-order valence-corrected chi connectivity index (χ2v) is 6.97. The number of primary amides is 1. The van der Waals surface area contributed by atoms with Crippen molar-refractivity contribution < 1.29 is 9.59 Å². The first-order valence-electron chi connectivity index (χ1n) is 6.58. The van der Waals surface area contributed by atoms with Crippen molar-refractivity contribution in [2.45, 2.75) is 17.1 Å². The van der Waals surface area contributed by atoms with Crippen LogP contribution in [0, 0.1) is 0 Å². The van der Waals surface area contributed by atoms with Gasteiger partial charge in [0.2, 0.25) is 11.8 Å². The second kappa shape index (κ2) is 7.47. The first-order valence-corrected chi connectivity index (χ1v) is 8.26. The van der Waals surface area contributed by atoms with Crippen LogP contribution in [0.25, 0.3) is 0 Å². The molecule has 0 saturated heterocycles. The Morgan fingerprint density at radius 2 is 1.68 bits per heavy atom. The largest absolute Gasteiger partial charge is 0.366 e. The molecular weight excluding hydrogens is 364 g/mol. The highest BCUT2D eigenvalue weighted by Crippen LogP contribution is 2.25. The molecule has 0 aliphatic heterocycles. The summed E-state index contributed by atoms with van der Waals surface area (Å²) in [4.78, 5) is 24.2. The number of benzene rings is 2. The molecule has 0 spiro atoms. The maximum Gasteiger partial charge on any atom is 0.248 e. The van der Waals surface area contributed by atoms with E-state index in [1.165, 1.54) is 11.8 Å². The summed E-state index contributed by atoms with van der Waals surface area (Å²) in [6.07, 6.45) is 0. The van der Waals surface area contributed by atoms with Gasteiger partial charge in [-0.2, -0.15) is 0 Å².